The molecule has 3 heterocycles. The Kier molecular flexibility index (Phi) is 8.60. The maximum atomic E-state index is 15.9. The number of carbonyl (C=O) groups is 3. The number of methoxy groups -OCH3 is 1. The van der Waals surface area contributed by atoms with Crippen LogP contribution in [0.2, 0.25) is 0 Å². The highest BCUT2D eigenvalue weighted by atomic mass is 19.3. The normalized spacial score (nSPS) is 29.3. The quantitative estimate of drug-likeness (QED) is 0.491. The van der Waals surface area contributed by atoms with E-state index in [2.05, 4.69) is 15.3 Å². The van der Waals surface area contributed by atoms with Gasteiger partial charge >= 0.3 is 12.1 Å². The van der Waals surface area contributed by atoms with Crippen LogP contribution in [0.15, 0.2) is 18.2 Å². The summed E-state index contributed by atoms with van der Waals surface area (Å²) in [5.74, 6) is -5.96. The minimum absolute atomic E-state index is 0.0485. The molecule has 6 unspecified atom stereocenters. The Bertz CT molecular complexity index is 1430. The molecule has 0 radical (unpaired) electrons. The van der Waals surface area contributed by atoms with E-state index in [-0.39, 0.29) is 42.4 Å². The summed E-state index contributed by atoms with van der Waals surface area (Å²) in [6.07, 6.45) is -0.442. The molecule has 5 rings (SSSR count). The summed E-state index contributed by atoms with van der Waals surface area (Å²) >= 11 is 0. The lowest BCUT2D eigenvalue weighted by molar-refractivity contribution is -0.151. The fraction of sp³-hybridized carbons (Fsp3) is 0.645. The number of carboxylic acid groups (broad SMARTS) is 1. The van der Waals surface area contributed by atoms with Gasteiger partial charge in [0.15, 0.2) is 5.69 Å². The van der Waals surface area contributed by atoms with Gasteiger partial charge in [0.05, 0.1) is 24.7 Å². The number of rotatable bonds is 3. The number of alkyl carbamates (subject to hydrolysis) is 1. The Morgan fingerprint density at radius 3 is 2.57 bits per heavy atom. The molecule has 6 atom stereocenters. The summed E-state index contributed by atoms with van der Waals surface area (Å²) in [4.78, 5) is 49.4. The highest BCUT2D eigenvalue weighted by Gasteiger charge is 2.52. The van der Waals surface area contributed by atoms with Crippen molar-refractivity contribution in [2.75, 3.05) is 13.7 Å². The molecule has 3 aliphatic rings. The number of hydrogen-bond donors (Lipinski definition) is 2. The molecule has 2 N–H and O–H groups in total. The van der Waals surface area contributed by atoms with Gasteiger partial charge in [0.2, 0.25) is 11.8 Å². The number of nitrogens with zero attached hydrogens (tertiary/aromatic N) is 3. The topological polar surface area (TPSA) is 140 Å². The lowest BCUT2D eigenvalue weighted by Crippen LogP contribution is -2.57. The summed E-state index contributed by atoms with van der Waals surface area (Å²) in [6.45, 7) is 6.80. The number of nitrogens with one attached hydrogen (secondary N) is 1. The molecule has 2 aliphatic heterocycles. The molecule has 11 nitrogen and oxygen atoms in total. The highest BCUT2D eigenvalue weighted by Crippen LogP contribution is 2.43. The van der Waals surface area contributed by atoms with Gasteiger partial charge in [0, 0.05) is 18.4 Å². The van der Waals surface area contributed by atoms with Crippen molar-refractivity contribution < 1.29 is 42.5 Å². The summed E-state index contributed by atoms with van der Waals surface area (Å²) in [5.41, 5.74) is -0.933. The molecule has 240 valence electrons. The van der Waals surface area contributed by atoms with Crippen LogP contribution in [-0.4, -0.2) is 75.9 Å². The highest BCUT2D eigenvalue weighted by molar-refractivity contribution is 5.90. The monoisotopic (exact) mass is 618 g/mol. The van der Waals surface area contributed by atoms with E-state index in [1.54, 1.807) is 45.9 Å². The molecule has 1 aromatic carbocycles. The summed E-state index contributed by atoms with van der Waals surface area (Å²) in [6, 6.07) is 2.27. The summed E-state index contributed by atoms with van der Waals surface area (Å²) in [5, 5.41) is 13.0. The van der Waals surface area contributed by atoms with Crippen molar-refractivity contribution in [3.63, 3.8) is 0 Å². The van der Waals surface area contributed by atoms with Crippen LogP contribution in [0.1, 0.15) is 71.9 Å². The first-order chi connectivity index (χ1) is 20.7. The van der Waals surface area contributed by atoms with Gasteiger partial charge in [0.1, 0.15) is 30.0 Å². The average molecular weight is 619 g/mol. The molecule has 1 saturated carbocycles. The van der Waals surface area contributed by atoms with Crippen molar-refractivity contribution in [1.82, 2.24) is 20.2 Å². The van der Waals surface area contributed by atoms with Crippen molar-refractivity contribution in [2.45, 2.75) is 96.4 Å². The van der Waals surface area contributed by atoms with Gasteiger partial charge in [-0.25, -0.2) is 19.6 Å². The number of carbonyl (C=O) groups excluding carboxylic acids is 2. The number of halogens is 2. The Hall–Kier alpha value is -3.77. The second-order valence-electron chi connectivity index (χ2n) is 13.1. The van der Waals surface area contributed by atoms with Crippen LogP contribution < -0.4 is 14.8 Å². The first kappa shape index (κ1) is 31.6. The van der Waals surface area contributed by atoms with Crippen molar-refractivity contribution in [3.8, 4) is 11.6 Å². The Morgan fingerprint density at radius 2 is 1.91 bits per heavy atom. The zero-order valence-corrected chi connectivity index (χ0v) is 25.6. The average Bonchev–Trinajstić information content (AvgIpc) is 3.58. The third-order valence-corrected chi connectivity index (χ3v) is 8.86. The minimum Gasteiger partial charge on any atom is -0.497 e. The van der Waals surface area contributed by atoms with E-state index >= 15 is 8.78 Å². The molecular weight excluding hydrogens is 578 g/mol. The number of aliphatic carboxylic acids is 1. The first-order valence-electron chi connectivity index (χ1n) is 15.1. The fourth-order valence-corrected chi connectivity index (χ4v) is 6.28. The number of alkyl halides is 2. The van der Waals surface area contributed by atoms with Crippen molar-refractivity contribution in [3.05, 3.63) is 23.9 Å². The molecule has 0 spiro atoms. The number of carboxylic acids is 1. The van der Waals surface area contributed by atoms with E-state index in [0.29, 0.717) is 25.0 Å². The molecule has 1 aromatic heterocycles. The zero-order chi connectivity index (χ0) is 32.0. The van der Waals surface area contributed by atoms with Gasteiger partial charge in [0.25, 0.3) is 5.92 Å². The number of ether oxygens (including phenoxy) is 3. The van der Waals surface area contributed by atoms with Crippen LogP contribution in [0.5, 0.6) is 11.6 Å². The van der Waals surface area contributed by atoms with Gasteiger partial charge in [-0.3, -0.25) is 4.79 Å². The van der Waals surface area contributed by atoms with Gasteiger partial charge in [-0.2, -0.15) is 8.78 Å². The SMILES string of the molecule is CCC1C2CN(C(=O)C(C(C)(C)C)NC(=O)OC3CC3CCCCC(F)(F)c3nc4ccc(OC)cc4nc3O2)C1C(=O)O. The number of amides is 2. The number of fused-ring (bicyclic) bond motifs is 5. The molecule has 2 aromatic rings. The van der Waals surface area contributed by atoms with Gasteiger partial charge in [-0.15, -0.1) is 0 Å². The molecule has 44 heavy (non-hydrogen) atoms. The molecule has 1 saturated heterocycles. The van der Waals surface area contributed by atoms with E-state index in [1.807, 2.05) is 0 Å². The van der Waals surface area contributed by atoms with Crippen LogP contribution in [0.4, 0.5) is 13.6 Å². The molecule has 1 aliphatic carbocycles. The summed E-state index contributed by atoms with van der Waals surface area (Å²) < 4.78 is 48.8. The van der Waals surface area contributed by atoms with E-state index in [1.165, 1.54) is 7.11 Å². The lowest BCUT2D eigenvalue weighted by Gasteiger charge is -2.34. The Morgan fingerprint density at radius 1 is 1.16 bits per heavy atom. The maximum absolute atomic E-state index is 15.9. The minimum atomic E-state index is -3.40. The predicted molar refractivity (Wildman–Crippen MR) is 155 cm³/mol. The van der Waals surface area contributed by atoms with Crippen LogP contribution in [0.3, 0.4) is 0 Å². The molecular formula is C31H40F2N4O7. The van der Waals surface area contributed by atoms with E-state index in [9.17, 15) is 19.5 Å². The number of benzene rings is 1. The molecule has 2 amide bonds. The second-order valence-corrected chi connectivity index (χ2v) is 13.1. The van der Waals surface area contributed by atoms with Gasteiger partial charge < -0.3 is 29.5 Å². The third kappa shape index (κ3) is 6.37. The van der Waals surface area contributed by atoms with Crippen molar-refractivity contribution >= 4 is 29.0 Å². The number of hydrogen-bond acceptors (Lipinski definition) is 8. The fourth-order valence-electron chi connectivity index (χ4n) is 6.28. The first-order valence-corrected chi connectivity index (χ1v) is 15.1. The molecule has 13 heteroatoms. The zero-order valence-electron chi connectivity index (χ0n) is 25.6. The van der Waals surface area contributed by atoms with Crippen molar-refractivity contribution in [2.24, 2.45) is 17.3 Å². The second kappa shape index (κ2) is 12.0. The van der Waals surface area contributed by atoms with E-state index < -0.39 is 71.4 Å². The van der Waals surface area contributed by atoms with Crippen LogP contribution >= 0.6 is 0 Å². The van der Waals surface area contributed by atoms with E-state index in [4.69, 9.17) is 14.2 Å². The van der Waals surface area contributed by atoms with E-state index in [0.717, 1.165) is 4.90 Å². The Labute approximate surface area is 254 Å². The van der Waals surface area contributed by atoms with Crippen molar-refractivity contribution in [1.29, 1.82) is 0 Å². The maximum Gasteiger partial charge on any atom is 0.408 e. The third-order valence-electron chi connectivity index (χ3n) is 8.86. The Balaban J connectivity index is 1.59. The standard InChI is InChI=1S/C31H40F2N4O7/c1-6-18-22-15-37(23(18)28(39)40)27(38)25(30(2,3)4)36-29(41)44-21-13-16(21)9-7-8-12-31(32,33)24-26(43-22)35-20-14-17(42-5)10-11-19(20)34-24/h10-11,14,16,18,21-23,25H,6-9,12-13,15H2,1-5H3,(H,36,41)(H,39,40). The van der Waals surface area contributed by atoms with Crippen LogP contribution in [0, 0.1) is 17.3 Å². The van der Waals surface area contributed by atoms with Crippen LogP contribution in [-0.2, 0) is 20.2 Å². The summed E-state index contributed by atoms with van der Waals surface area (Å²) in [7, 11) is 1.47. The lowest BCUT2D eigenvalue weighted by atomic mass is 9.85. The van der Waals surface area contributed by atoms with Gasteiger partial charge in [-0.1, -0.05) is 34.1 Å². The predicted octanol–water partition coefficient (Wildman–Crippen LogP) is 4.90. The molecule has 2 fully saturated rings. The number of aromatic nitrogens is 2. The van der Waals surface area contributed by atoms with Crippen LogP contribution in [0.25, 0.3) is 11.0 Å². The molecule has 2 bridgehead atoms. The van der Waals surface area contributed by atoms with Gasteiger partial charge in [-0.05, 0) is 49.1 Å². The largest absolute Gasteiger partial charge is 0.497 e. The smallest absolute Gasteiger partial charge is 0.408 e.